The predicted molar refractivity (Wildman–Crippen MR) is 163 cm³/mol. The number of carbonyl (C=O) groups excluding carboxylic acids is 2. The van der Waals surface area contributed by atoms with E-state index in [9.17, 15) is 18.0 Å². The largest absolute Gasteiger partial charge is 0.352 e. The van der Waals surface area contributed by atoms with Gasteiger partial charge in [0.2, 0.25) is 21.8 Å². The third-order valence-electron chi connectivity index (χ3n) is 6.96. The Morgan fingerprint density at radius 2 is 1.44 bits per heavy atom. The van der Waals surface area contributed by atoms with Crippen LogP contribution in [0.4, 0.5) is 0 Å². The Labute approximate surface area is 242 Å². The average Bonchev–Trinajstić information content (AvgIpc) is 2.95. The molecule has 8 heteroatoms. The Balaban J connectivity index is 1.66. The van der Waals surface area contributed by atoms with Crippen molar-refractivity contribution < 1.29 is 18.0 Å². The number of nitrogens with zero attached hydrogens (tertiary/aromatic N) is 2. The van der Waals surface area contributed by atoms with E-state index in [4.69, 9.17) is 0 Å². The molecule has 0 aliphatic carbocycles. The van der Waals surface area contributed by atoms with Crippen LogP contribution in [0.15, 0.2) is 102 Å². The average molecular weight is 572 g/mol. The van der Waals surface area contributed by atoms with Crippen LogP contribution in [0.2, 0.25) is 0 Å². The number of hydrogen-bond donors (Lipinski definition) is 1. The van der Waals surface area contributed by atoms with Gasteiger partial charge < -0.3 is 10.2 Å². The van der Waals surface area contributed by atoms with Gasteiger partial charge in [-0.05, 0) is 54.8 Å². The molecular weight excluding hydrogens is 534 g/mol. The van der Waals surface area contributed by atoms with Gasteiger partial charge in [-0.3, -0.25) is 9.59 Å². The number of likely N-dealkylation sites (N-methyl/N-ethyl adjacent to an activating group) is 1. The third kappa shape index (κ3) is 7.60. The molecule has 4 rings (SSSR count). The minimum absolute atomic E-state index is 0.106. The number of carbonyl (C=O) groups is 2. The Morgan fingerprint density at radius 3 is 2.10 bits per heavy atom. The summed E-state index contributed by atoms with van der Waals surface area (Å²) in [7, 11) is -2.58. The van der Waals surface area contributed by atoms with Crippen LogP contribution in [0.3, 0.4) is 0 Å². The van der Waals surface area contributed by atoms with Gasteiger partial charge in [0.15, 0.2) is 0 Å². The van der Waals surface area contributed by atoms with Crippen LogP contribution in [0.5, 0.6) is 0 Å². The van der Waals surface area contributed by atoms with Crippen LogP contribution in [0.1, 0.15) is 30.5 Å². The van der Waals surface area contributed by atoms with Crippen LogP contribution < -0.4 is 5.32 Å². The second-order valence-electron chi connectivity index (χ2n) is 10.6. The van der Waals surface area contributed by atoms with Crippen molar-refractivity contribution in [2.75, 3.05) is 13.6 Å². The standard InChI is InChI=1S/C33H37N3O4S/c1-24(2)34-33(38)31(20-26-10-6-5-7-11-26)36(22-27-16-14-25(3)15-17-27)32(37)23-35(4)41(39,40)30-19-18-28-12-8-9-13-29(28)21-30/h5-19,21,24,31H,20,22-23H2,1-4H3,(H,34,38). The van der Waals surface area contributed by atoms with Crippen molar-refractivity contribution >= 4 is 32.6 Å². The number of amides is 2. The van der Waals surface area contributed by atoms with E-state index in [0.29, 0.717) is 0 Å². The highest BCUT2D eigenvalue weighted by atomic mass is 32.2. The maximum atomic E-state index is 14.0. The van der Waals surface area contributed by atoms with E-state index in [0.717, 1.165) is 31.8 Å². The van der Waals surface area contributed by atoms with E-state index in [2.05, 4.69) is 5.32 Å². The number of nitrogens with one attached hydrogen (secondary N) is 1. The van der Waals surface area contributed by atoms with Gasteiger partial charge in [-0.15, -0.1) is 0 Å². The van der Waals surface area contributed by atoms with Gasteiger partial charge in [-0.25, -0.2) is 8.42 Å². The quantitative estimate of drug-likeness (QED) is 0.277. The maximum Gasteiger partial charge on any atom is 0.243 e. The summed E-state index contributed by atoms with van der Waals surface area (Å²) in [4.78, 5) is 29.1. The zero-order valence-corrected chi connectivity index (χ0v) is 24.8. The van der Waals surface area contributed by atoms with E-state index in [1.807, 2.05) is 99.6 Å². The summed E-state index contributed by atoms with van der Waals surface area (Å²) in [5, 5.41) is 4.67. The van der Waals surface area contributed by atoms with Crippen molar-refractivity contribution in [1.82, 2.24) is 14.5 Å². The lowest BCUT2D eigenvalue weighted by atomic mass is 10.0. The van der Waals surface area contributed by atoms with Crippen LogP contribution in [0.25, 0.3) is 10.8 Å². The number of benzene rings is 4. The molecule has 1 atom stereocenters. The number of sulfonamides is 1. The summed E-state index contributed by atoms with van der Waals surface area (Å²) in [6.45, 7) is 5.46. The fourth-order valence-corrected chi connectivity index (χ4v) is 5.86. The van der Waals surface area contributed by atoms with Gasteiger partial charge in [0, 0.05) is 26.1 Å². The van der Waals surface area contributed by atoms with Crippen molar-refractivity contribution in [3.8, 4) is 0 Å². The molecule has 214 valence electrons. The van der Waals surface area contributed by atoms with Gasteiger partial charge in [-0.1, -0.05) is 90.5 Å². The highest BCUT2D eigenvalue weighted by molar-refractivity contribution is 7.89. The minimum atomic E-state index is -3.98. The smallest absolute Gasteiger partial charge is 0.243 e. The van der Waals surface area contributed by atoms with Crippen molar-refractivity contribution in [3.05, 3.63) is 114 Å². The summed E-state index contributed by atoms with van der Waals surface area (Å²) in [6, 6.07) is 28.7. The van der Waals surface area contributed by atoms with Gasteiger partial charge in [0.1, 0.15) is 6.04 Å². The first-order valence-electron chi connectivity index (χ1n) is 13.7. The van der Waals surface area contributed by atoms with E-state index in [1.54, 1.807) is 18.2 Å². The molecule has 0 heterocycles. The Morgan fingerprint density at radius 1 is 0.805 bits per heavy atom. The fraction of sp³-hybridized carbons (Fsp3) is 0.273. The first-order valence-corrected chi connectivity index (χ1v) is 15.1. The molecular formula is C33H37N3O4S. The number of aryl methyl sites for hydroxylation is 1. The molecule has 1 N–H and O–H groups in total. The monoisotopic (exact) mass is 571 g/mol. The molecule has 4 aromatic carbocycles. The predicted octanol–water partition coefficient (Wildman–Crippen LogP) is 4.93. The topological polar surface area (TPSA) is 86.8 Å². The summed E-state index contributed by atoms with van der Waals surface area (Å²) in [6.07, 6.45) is 0.290. The highest BCUT2D eigenvalue weighted by Gasteiger charge is 2.33. The normalized spacial score (nSPS) is 12.4. The summed E-state index contributed by atoms with van der Waals surface area (Å²) in [5.74, 6) is -0.748. The minimum Gasteiger partial charge on any atom is -0.352 e. The van der Waals surface area contributed by atoms with E-state index < -0.39 is 28.5 Å². The molecule has 0 bridgehead atoms. The van der Waals surface area contributed by atoms with Gasteiger partial charge in [-0.2, -0.15) is 4.31 Å². The van der Waals surface area contributed by atoms with Crippen molar-refractivity contribution in [3.63, 3.8) is 0 Å². The lowest BCUT2D eigenvalue weighted by Gasteiger charge is -2.33. The van der Waals surface area contributed by atoms with Crippen molar-refractivity contribution in [2.24, 2.45) is 0 Å². The second kappa shape index (κ2) is 13.1. The molecule has 0 radical (unpaired) electrons. The highest BCUT2D eigenvalue weighted by Crippen LogP contribution is 2.22. The molecule has 0 aliphatic rings. The number of rotatable bonds is 11. The molecule has 4 aromatic rings. The van der Waals surface area contributed by atoms with Crippen molar-refractivity contribution in [1.29, 1.82) is 0 Å². The third-order valence-corrected chi connectivity index (χ3v) is 8.76. The lowest BCUT2D eigenvalue weighted by Crippen LogP contribution is -2.53. The summed E-state index contributed by atoms with van der Waals surface area (Å²) >= 11 is 0. The summed E-state index contributed by atoms with van der Waals surface area (Å²) in [5.41, 5.74) is 2.82. The van der Waals surface area contributed by atoms with Crippen LogP contribution in [-0.4, -0.2) is 55.1 Å². The van der Waals surface area contributed by atoms with E-state index >= 15 is 0 Å². The summed E-state index contributed by atoms with van der Waals surface area (Å²) < 4.78 is 28.1. The second-order valence-corrected chi connectivity index (χ2v) is 12.7. The molecule has 41 heavy (non-hydrogen) atoms. The van der Waals surface area contributed by atoms with E-state index in [-0.39, 0.29) is 29.8 Å². The number of hydrogen-bond acceptors (Lipinski definition) is 4. The lowest BCUT2D eigenvalue weighted by molar-refractivity contribution is -0.141. The first-order chi connectivity index (χ1) is 19.5. The molecule has 1 unspecified atom stereocenters. The maximum absolute atomic E-state index is 14.0. The Hall–Kier alpha value is -4.01. The molecule has 0 saturated heterocycles. The first kappa shape index (κ1) is 30.0. The van der Waals surface area contributed by atoms with Crippen LogP contribution in [0, 0.1) is 6.92 Å². The Kier molecular flexibility index (Phi) is 9.57. The van der Waals surface area contributed by atoms with Crippen LogP contribution in [-0.2, 0) is 32.6 Å². The molecule has 0 aliphatic heterocycles. The Bertz CT molecular complexity index is 1600. The molecule has 0 saturated carbocycles. The van der Waals surface area contributed by atoms with Gasteiger partial charge >= 0.3 is 0 Å². The molecule has 0 spiro atoms. The van der Waals surface area contributed by atoms with Gasteiger partial charge in [0.25, 0.3) is 0 Å². The van der Waals surface area contributed by atoms with E-state index in [1.165, 1.54) is 11.9 Å². The molecule has 0 fully saturated rings. The van der Waals surface area contributed by atoms with Crippen LogP contribution >= 0.6 is 0 Å². The zero-order valence-electron chi connectivity index (χ0n) is 23.9. The van der Waals surface area contributed by atoms with Crippen molar-refractivity contribution in [2.45, 2.75) is 50.7 Å². The van der Waals surface area contributed by atoms with Gasteiger partial charge in [0.05, 0.1) is 11.4 Å². The fourth-order valence-electron chi connectivity index (χ4n) is 4.70. The number of fused-ring (bicyclic) bond motifs is 1. The molecule has 2 amide bonds. The molecule has 7 nitrogen and oxygen atoms in total. The SMILES string of the molecule is Cc1ccc(CN(C(=O)CN(C)S(=O)(=O)c2ccc3ccccc3c2)C(Cc2ccccc2)C(=O)NC(C)C)cc1. The molecule has 0 aromatic heterocycles. The zero-order chi connectivity index (χ0) is 29.6.